The van der Waals surface area contributed by atoms with Crippen molar-refractivity contribution < 1.29 is 9.53 Å². The summed E-state index contributed by atoms with van der Waals surface area (Å²) < 4.78 is 5.38. The molecule has 0 aliphatic rings. The fraction of sp³-hybridized carbons (Fsp3) is 0.100. The second kappa shape index (κ2) is 7.81. The average Bonchev–Trinajstić information content (AvgIpc) is 2.64. The number of hydrazone groups is 1. The molecule has 3 rings (SSSR count). The highest BCUT2D eigenvalue weighted by atomic mass is 35.5. The Morgan fingerprint density at radius 1 is 1.04 bits per heavy atom. The first kappa shape index (κ1) is 17.0. The molecule has 0 saturated carbocycles. The number of carbonyl (C=O) groups excluding carboxylic acids is 1. The molecule has 25 heavy (non-hydrogen) atoms. The topological polar surface area (TPSA) is 50.7 Å². The molecule has 3 aromatic rings. The summed E-state index contributed by atoms with van der Waals surface area (Å²) in [6.45, 7) is 1.72. The number of benzene rings is 3. The van der Waals surface area contributed by atoms with Crippen LogP contribution in [-0.4, -0.2) is 18.2 Å². The van der Waals surface area contributed by atoms with E-state index in [4.69, 9.17) is 16.3 Å². The predicted octanol–water partition coefficient (Wildman–Crippen LogP) is 4.41. The van der Waals surface area contributed by atoms with Crippen molar-refractivity contribution in [3.05, 3.63) is 77.3 Å². The average molecular weight is 353 g/mol. The minimum Gasteiger partial charge on any atom is -0.484 e. The molecule has 3 aromatic carbocycles. The van der Waals surface area contributed by atoms with Gasteiger partial charge in [-0.25, -0.2) is 5.43 Å². The Kier molecular flexibility index (Phi) is 5.31. The lowest BCUT2D eigenvalue weighted by Gasteiger charge is -2.06. The van der Waals surface area contributed by atoms with E-state index in [1.807, 2.05) is 43.3 Å². The fourth-order valence-corrected chi connectivity index (χ4v) is 2.54. The van der Waals surface area contributed by atoms with Gasteiger partial charge in [0.05, 0.1) is 5.71 Å². The third-order valence-corrected chi connectivity index (χ3v) is 3.92. The molecule has 126 valence electrons. The van der Waals surface area contributed by atoms with Crippen LogP contribution in [0.3, 0.4) is 0 Å². The van der Waals surface area contributed by atoms with E-state index in [-0.39, 0.29) is 12.5 Å². The van der Waals surface area contributed by atoms with Crippen molar-refractivity contribution in [1.29, 1.82) is 0 Å². The maximum Gasteiger partial charge on any atom is 0.277 e. The van der Waals surface area contributed by atoms with E-state index in [1.54, 1.807) is 24.3 Å². The number of nitrogens with zero attached hydrogens (tertiary/aromatic N) is 1. The summed E-state index contributed by atoms with van der Waals surface area (Å²) in [6, 6.07) is 21.1. The zero-order chi connectivity index (χ0) is 17.6. The summed E-state index contributed by atoms with van der Waals surface area (Å²) in [5.41, 5.74) is 4.18. The number of carbonyl (C=O) groups is 1. The van der Waals surface area contributed by atoms with E-state index in [0.29, 0.717) is 10.8 Å². The van der Waals surface area contributed by atoms with E-state index in [0.717, 1.165) is 22.0 Å². The van der Waals surface area contributed by atoms with Gasteiger partial charge in [-0.3, -0.25) is 4.79 Å². The highest BCUT2D eigenvalue weighted by molar-refractivity contribution is 6.30. The summed E-state index contributed by atoms with van der Waals surface area (Å²) in [7, 11) is 0. The van der Waals surface area contributed by atoms with E-state index >= 15 is 0 Å². The number of rotatable bonds is 5. The first-order chi connectivity index (χ1) is 12.1. The van der Waals surface area contributed by atoms with Crippen LogP contribution in [0.15, 0.2) is 71.8 Å². The molecule has 4 nitrogen and oxygen atoms in total. The van der Waals surface area contributed by atoms with Crippen molar-refractivity contribution in [3.8, 4) is 5.75 Å². The highest BCUT2D eigenvalue weighted by Crippen LogP contribution is 2.17. The van der Waals surface area contributed by atoms with Crippen LogP contribution in [0.4, 0.5) is 0 Å². The molecule has 0 atom stereocenters. The number of halogens is 1. The summed E-state index contributed by atoms with van der Waals surface area (Å²) in [6.07, 6.45) is 0. The third-order valence-electron chi connectivity index (χ3n) is 3.68. The van der Waals surface area contributed by atoms with Crippen LogP contribution in [0.1, 0.15) is 12.5 Å². The van der Waals surface area contributed by atoms with Gasteiger partial charge in [0.25, 0.3) is 5.91 Å². The SMILES string of the molecule is CC(=NNC(=O)COc1cccc(Cl)c1)c1ccc2ccccc2c1. The molecular weight excluding hydrogens is 336 g/mol. The van der Waals surface area contributed by atoms with E-state index in [2.05, 4.69) is 16.6 Å². The number of hydrogen-bond acceptors (Lipinski definition) is 3. The number of hydrogen-bond donors (Lipinski definition) is 1. The van der Waals surface area contributed by atoms with Crippen molar-refractivity contribution in [1.82, 2.24) is 5.43 Å². The molecule has 0 fully saturated rings. The molecule has 0 unspecified atom stereocenters. The monoisotopic (exact) mass is 352 g/mol. The van der Waals surface area contributed by atoms with Crippen molar-refractivity contribution in [3.63, 3.8) is 0 Å². The Hall–Kier alpha value is -2.85. The first-order valence-electron chi connectivity index (χ1n) is 7.82. The Labute approximate surface area is 151 Å². The van der Waals surface area contributed by atoms with Crippen LogP contribution in [-0.2, 0) is 4.79 Å². The molecule has 0 heterocycles. The number of amides is 1. The number of ether oxygens (including phenoxy) is 1. The van der Waals surface area contributed by atoms with Gasteiger partial charge in [-0.1, -0.05) is 54.1 Å². The standard InChI is InChI=1S/C20H17ClN2O2/c1-14(16-10-9-15-5-2-3-6-17(15)11-16)22-23-20(24)13-25-19-8-4-7-18(21)12-19/h2-12H,13H2,1H3,(H,23,24). The second-order valence-corrected chi connectivity index (χ2v) is 5.98. The Morgan fingerprint density at radius 2 is 1.84 bits per heavy atom. The Bertz CT molecular complexity index is 938. The van der Waals surface area contributed by atoms with E-state index < -0.39 is 0 Å². The highest BCUT2D eigenvalue weighted by Gasteiger charge is 2.04. The predicted molar refractivity (Wildman–Crippen MR) is 101 cm³/mol. The molecule has 0 aliphatic heterocycles. The molecule has 0 bridgehead atoms. The van der Waals surface area contributed by atoms with Gasteiger partial charge < -0.3 is 4.74 Å². The summed E-state index contributed by atoms with van der Waals surface area (Å²) in [5.74, 6) is 0.206. The van der Waals surface area contributed by atoms with Crippen molar-refractivity contribution in [2.24, 2.45) is 5.10 Å². The van der Waals surface area contributed by atoms with Crippen LogP contribution in [0.5, 0.6) is 5.75 Å². The molecule has 0 saturated heterocycles. The van der Waals surface area contributed by atoms with Gasteiger partial charge in [-0.2, -0.15) is 5.10 Å². The van der Waals surface area contributed by atoms with Gasteiger partial charge in [0.2, 0.25) is 0 Å². The quantitative estimate of drug-likeness (QED) is 0.546. The minimum atomic E-state index is -0.333. The summed E-state index contributed by atoms with van der Waals surface area (Å²) >= 11 is 5.87. The van der Waals surface area contributed by atoms with Gasteiger partial charge in [-0.15, -0.1) is 0 Å². The molecule has 0 aromatic heterocycles. The molecule has 0 aliphatic carbocycles. The minimum absolute atomic E-state index is 0.130. The van der Waals surface area contributed by atoms with Crippen molar-refractivity contribution in [2.45, 2.75) is 6.92 Å². The lowest BCUT2D eigenvalue weighted by atomic mass is 10.0. The zero-order valence-electron chi connectivity index (χ0n) is 13.7. The molecule has 0 spiro atoms. The van der Waals surface area contributed by atoms with Crippen LogP contribution < -0.4 is 10.2 Å². The Morgan fingerprint density at radius 3 is 2.64 bits per heavy atom. The van der Waals surface area contributed by atoms with Gasteiger partial charge in [-0.05, 0) is 47.5 Å². The fourth-order valence-electron chi connectivity index (χ4n) is 2.36. The van der Waals surface area contributed by atoms with Crippen LogP contribution in [0.2, 0.25) is 5.02 Å². The molecular formula is C20H17ClN2O2. The van der Waals surface area contributed by atoms with Crippen LogP contribution in [0, 0.1) is 0 Å². The smallest absolute Gasteiger partial charge is 0.277 e. The molecule has 0 radical (unpaired) electrons. The summed E-state index contributed by atoms with van der Waals surface area (Å²) in [5, 5.41) is 7.00. The molecule has 1 N–H and O–H groups in total. The molecule has 1 amide bonds. The largest absolute Gasteiger partial charge is 0.484 e. The van der Waals surface area contributed by atoms with Crippen molar-refractivity contribution in [2.75, 3.05) is 6.61 Å². The lowest BCUT2D eigenvalue weighted by Crippen LogP contribution is -2.25. The van der Waals surface area contributed by atoms with Gasteiger partial charge in [0, 0.05) is 5.02 Å². The summed E-state index contributed by atoms with van der Waals surface area (Å²) in [4.78, 5) is 11.9. The Balaban J connectivity index is 1.60. The first-order valence-corrected chi connectivity index (χ1v) is 8.20. The molecule has 5 heteroatoms. The van der Waals surface area contributed by atoms with Crippen LogP contribution >= 0.6 is 11.6 Å². The lowest BCUT2D eigenvalue weighted by molar-refractivity contribution is -0.123. The van der Waals surface area contributed by atoms with Crippen molar-refractivity contribution >= 4 is 34.0 Å². The van der Waals surface area contributed by atoms with Gasteiger partial charge in [0.15, 0.2) is 6.61 Å². The van der Waals surface area contributed by atoms with E-state index in [1.165, 1.54) is 0 Å². The number of nitrogens with one attached hydrogen (secondary N) is 1. The normalized spacial score (nSPS) is 11.4. The van der Waals surface area contributed by atoms with Gasteiger partial charge >= 0.3 is 0 Å². The second-order valence-electron chi connectivity index (χ2n) is 5.54. The maximum atomic E-state index is 11.9. The maximum absolute atomic E-state index is 11.9. The third kappa shape index (κ3) is 4.58. The van der Waals surface area contributed by atoms with Crippen LogP contribution in [0.25, 0.3) is 10.8 Å². The zero-order valence-corrected chi connectivity index (χ0v) is 14.5. The van der Waals surface area contributed by atoms with Gasteiger partial charge in [0.1, 0.15) is 5.75 Å². The number of fused-ring (bicyclic) bond motifs is 1. The van der Waals surface area contributed by atoms with E-state index in [9.17, 15) is 4.79 Å².